The molecule has 0 aliphatic heterocycles. The van der Waals surface area contributed by atoms with E-state index in [-0.39, 0.29) is 11.9 Å². The van der Waals surface area contributed by atoms with Crippen LogP contribution in [0.15, 0.2) is 46.9 Å². The van der Waals surface area contributed by atoms with Crippen molar-refractivity contribution in [2.75, 3.05) is 5.33 Å². The number of ether oxygens (including phenoxy) is 1. The van der Waals surface area contributed by atoms with Crippen molar-refractivity contribution in [3.8, 4) is 0 Å². The maximum atomic E-state index is 13.5. The Hall–Kier alpha value is -2.40. The molecule has 0 bridgehead atoms. The van der Waals surface area contributed by atoms with Crippen LogP contribution in [0.25, 0.3) is 11.0 Å². The molecule has 0 aliphatic carbocycles. The maximum Gasteiger partial charge on any atom is 0.338 e. The van der Waals surface area contributed by atoms with Crippen LogP contribution < -0.4 is 0 Å². The predicted molar refractivity (Wildman–Crippen MR) is 127 cm³/mol. The number of rotatable bonds is 10. The van der Waals surface area contributed by atoms with Gasteiger partial charge in [-0.1, -0.05) is 53.5 Å². The van der Waals surface area contributed by atoms with Crippen molar-refractivity contribution in [1.82, 2.24) is 0 Å². The van der Waals surface area contributed by atoms with Crippen molar-refractivity contribution >= 4 is 38.7 Å². The first-order valence-electron chi connectivity index (χ1n) is 10.9. The number of hydrogen-bond acceptors (Lipinski definition) is 4. The lowest BCUT2D eigenvalue weighted by molar-refractivity contribution is 0.0378. The largest absolute Gasteiger partial charge is 0.460 e. The van der Waals surface area contributed by atoms with Gasteiger partial charge in [-0.2, -0.15) is 0 Å². The summed E-state index contributed by atoms with van der Waals surface area (Å²) in [6, 6.07) is 12.9. The number of hydrogen-bond donors (Lipinski definition) is 0. The van der Waals surface area contributed by atoms with E-state index in [1.165, 1.54) is 5.56 Å². The number of aryl methyl sites for hydroxylation is 2. The van der Waals surface area contributed by atoms with Gasteiger partial charge >= 0.3 is 5.97 Å². The highest BCUT2D eigenvalue weighted by Gasteiger charge is 2.23. The van der Waals surface area contributed by atoms with Crippen LogP contribution in [0, 0.1) is 0 Å². The number of alkyl halides is 1. The van der Waals surface area contributed by atoms with E-state index in [0.717, 1.165) is 31.0 Å². The molecule has 2 aromatic carbocycles. The number of furan rings is 1. The molecule has 0 unspecified atom stereocenters. The smallest absolute Gasteiger partial charge is 0.338 e. The van der Waals surface area contributed by atoms with Crippen molar-refractivity contribution in [1.29, 1.82) is 0 Å². The SMILES string of the molecule is CCCCc1oc2ccc(C(=O)OC(C)C)cc2c1C(=O)c1ccc(CCCBr)cc1. The van der Waals surface area contributed by atoms with Gasteiger partial charge in [-0.15, -0.1) is 0 Å². The zero-order valence-corrected chi connectivity index (χ0v) is 20.0. The molecule has 1 heterocycles. The van der Waals surface area contributed by atoms with Gasteiger partial charge in [0, 0.05) is 22.7 Å². The second-order valence-electron chi connectivity index (χ2n) is 7.99. The molecule has 0 fully saturated rings. The lowest BCUT2D eigenvalue weighted by Crippen LogP contribution is -2.11. The van der Waals surface area contributed by atoms with Gasteiger partial charge in [-0.25, -0.2) is 4.79 Å². The summed E-state index contributed by atoms with van der Waals surface area (Å²) in [4.78, 5) is 25.9. The Morgan fingerprint density at radius 3 is 2.35 bits per heavy atom. The molecule has 5 heteroatoms. The van der Waals surface area contributed by atoms with Gasteiger partial charge in [-0.3, -0.25) is 4.79 Å². The summed E-state index contributed by atoms with van der Waals surface area (Å²) in [5.41, 5.74) is 3.42. The van der Waals surface area contributed by atoms with E-state index < -0.39 is 5.97 Å². The summed E-state index contributed by atoms with van der Waals surface area (Å²) in [6.45, 7) is 5.73. The second-order valence-corrected chi connectivity index (χ2v) is 8.78. The molecule has 4 nitrogen and oxygen atoms in total. The van der Waals surface area contributed by atoms with Gasteiger partial charge in [0.1, 0.15) is 11.3 Å². The van der Waals surface area contributed by atoms with Crippen LogP contribution in [0.4, 0.5) is 0 Å². The molecule has 3 aromatic rings. The Morgan fingerprint density at radius 1 is 1.00 bits per heavy atom. The third-order valence-electron chi connectivity index (χ3n) is 5.14. The van der Waals surface area contributed by atoms with Crippen LogP contribution in [-0.2, 0) is 17.6 Å². The maximum absolute atomic E-state index is 13.5. The van der Waals surface area contributed by atoms with E-state index in [1.807, 2.05) is 38.1 Å². The minimum Gasteiger partial charge on any atom is -0.460 e. The number of fused-ring (bicyclic) bond motifs is 1. The summed E-state index contributed by atoms with van der Waals surface area (Å²) >= 11 is 3.45. The van der Waals surface area contributed by atoms with Gasteiger partial charge < -0.3 is 9.15 Å². The molecule has 0 saturated heterocycles. The van der Waals surface area contributed by atoms with Gasteiger partial charge in [0.05, 0.1) is 17.2 Å². The normalized spacial score (nSPS) is 11.3. The van der Waals surface area contributed by atoms with Crippen molar-refractivity contribution in [2.45, 2.75) is 59.0 Å². The molecule has 0 N–H and O–H groups in total. The lowest BCUT2D eigenvalue weighted by atomic mass is 9.96. The number of halogens is 1. The molecule has 0 spiro atoms. The van der Waals surface area contributed by atoms with Gasteiger partial charge in [-0.05, 0) is 56.9 Å². The first-order chi connectivity index (χ1) is 14.9. The highest BCUT2D eigenvalue weighted by Crippen LogP contribution is 2.31. The Morgan fingerprint density at radius 2 is 1.71 bits per heavy atom. The first kappa shape index (κ1) is 23.3. The molecule has 3 rings (SSSR count). The number of carbonyl (C=O) groups is 2. The van der Waals surface area contributed by atoms with E-state index >= 15 is 0 Å². The van der Waals surface area contributed by atoms with E-state index in [1.54, 1.807) is 18.2 Å². The van der Waals surface area contributed by atoms with Crippen LogP contribution in [0.2, 0.25) is 0 Å². The predicted octanol–water partition coefficient (Wildman–Crippen LogP) is 6.90. The first-order valence-corrected chi connectivity index (χ1v) is 12.0. The van der Waals surface area contributed by atoms with E-state index in [4.69, 9.17) is 9.15 Å². The molecule has 0 saturated carbocycles. The van der Waals surface area contributed by atoms with Crippen molar-refractivity contribution < 1.29 is 18.7 Å². The summed E-state index contributed by atoms with van der Waals surface area (Å²) < 4.78 is 11.4. The quantitative estimate of drug-likeness (QED) is 0.178. The fraction of sp³-hybridized carbons (Fsp3) is 0.385. The van der Waals surface area contributed by atoms with Gasteiger partial charge in [0.2, 0.25) is 0 Å². The summed E-state index contributed by atoms with van der Waals surface area (Å²) in [7, 11) is 0. The zero-order valence-electron chi connectivity index (χ0n) is 18.4. The van der Waals surface area contributed by atoms with Gasteiger partial charge in [0.25, 0.3) is 0 Å². The number of ketones is 1. The molecule has 31 heavy (non-hydrogen) atoms. The molecule has 164 valence electrons. The van der Waals surface area contributed by atoms with Crippen LogP contribution in [0.1, 0.15) is 77.6 Å². The Bertz CT molecular complexity index is 1050. The highest BCUT2D eigenvalue weighted by molar-refractivity contribution is 9.09. The number of unbranched alkanes of at least 4 members (excludes halogenated alkanes) is 1. The molecule has 0 atom stereocenters. The molecule has 0 radical (unpaired) electrons. The minimum absolute atomic E-state index is 0.0775. The molecule has 0 aliphatic rings. The number of benzene rings is 2. The summed E-state index contributed by atoms with van der Waals surface area (Å²) in [5.74, 6) is 0.202. The average Bonchev–Trinajstić information content (AvgIpc) is 3.13. The standard InChI is InChI=1S/C26H29BrO4/c1-4-5-8-23-24(25(28)19-11-9-18(10-12-19)7-6-15-27)21-16-20(13-14-22(21)31-23)26(29)30-17(2)3/h9-14,16-17H,4-8,15H2,1-3H3. The van der Waals surface area contributed by atoms with E-state index in [0.29, 0.717) is 39.8 Å². The van der Waals surface area contributed by atoms with Crippen LogP contribution >= 0.6 is 15.9 Å². The average molecular weight is 485 g/mol. The summed E-state index contributed by atoms with van der Waals surface area (Å²) in [6.07, 6.45) is 4.42. The molecule has 0 amide bonds. The fourth-order valence-electron chi connectivity index (χ4n) is 3.56. The highest BCUT2D eigenvalue weighted by atomic mass is 79.9. The minimum atomic E-state index is -0.400. The monoisotopic (exact) mass is 484 g/mol. The fourth-order valence-corrected chi connectivity index (χ4v) is 3.84. The third-order valence-corrected chi connectivity index (χ3v) is 5.70. The Kier molecular flexibility index (Phi) is 8.08. The third kappa shape index (κ3) is 5.65. The van der Waals surface area contributed by atoms with Crippen molar-refractivity contribution in [2.24, 2.45) is 0 Å². The van der Waals surface area contributed by atoms with Crippen LogP contribution in [0.5, 0.6) is 0 Å². The van der Waals surface area contributed by atoms with E-state index in [2.05, 4.69) is 22.9 Å². The van der Waals surface area contributed by atoms with Crippen LogP contribution in [-0.4, -0.2) is 23.2 Å². The lowest BCUT2D eigenvalue weighted by Gasteiger charge is -2.08. The zero-order chi connectivity index (χ0) is 22.4. The summed E-state index contributed by atoms with van der Waals surface area (Å²) in [5, 5.41) is 1.62. The topological polar surface area (TPSA) is 56.5 Å². The molecular weight excluding hydrogens is 456 g/mol. The number of esters is 1. The Balaban J connectivity index is 2.02. The van der Waals surface area contributed by atoms with Crippen LogP contribution in [0.3, 0.4) is 0 Å². The Labute approximate surface area is 192 Å². The van der Waals surface area contributed by atoms with Gasteiger partial charge in [0.15, 0.2) is 5.78 Å². The molecule has 1 aromatic heterocycles. The second kappa shape index (κ2) is 10.8. The molecular formula is C26H29BrO4. The van der Waals surface area contributed by atoms with Crippen molar-refractivity contribution in [3.63, 3.8) is 0 Å². The van der Waals surface area contributed by atoms with E-state index in [9.17, 15) is 9.59 Å². The number of carbonyl (C=O) groups excluding carboxylic acids is 2. The van der Waals surface area contributed by atoms with Crippen molar-refractivity contribution in [3.05, 3.63) is 70.5 Å².